The number of ketones is 1. The Labute approximate surface area is 175 Å². The van der Waals surface area contributed by atoms with Crippen molar-refractivity contribution in [2.24, 2.45) is 0 Å². The van der Waals surface area contributed by atoms with E-state index in [1.165, 1.54) is 13.2 Å². The highest BCUT2D eigenvalue weighted by atomic mass is 79.9. The van der Waals surface area contributed by atoms with Crippen LogP contribution in [0.3, 0.4) is 0 Å². The number of aromatic nitrogens is 1. The van der Waals surface area contributed by atoms with E-state index >= 15 is 0 Å². The molecular formula is C16H13Br2ClFN4O3+. The highest BCUT2D eigenvalue weighted by molar-refractivity contribution is 9.11. The van der Waals surface area contributed by atoms with Gasteiger partial charge in [0.2, 0.25) is 5.91 Å². The molecule has 0 saturated heterocycles. The molecule has 2 aromatic rings. The van der Waals surface area contributed by atoms with Gasteiger partial charge < -0.3 is 15.8 Å². The number of rotatable bonds is 6. The van der Waals surface area contributed by atoms with Crippen LogP contribution in [0.1, 0.15) is 21.5 Å². The van der Waals surface area contributed by atoms with E-state index in [2.05, 4.69) is 42.2 Å². The molecule has 1 aromatic heterocycles. The van der Waals surface area contributed by atoms with Crippen LogP contribution >= 0.6 is 43.5 Å². The van der Waals surface area contributed by atoms with E-state index in [0.717, 1.165) is 12.3 Å². The fourth-order valence-corrected chi connectivity index (χ4v) is 3.64. The molecule has 0 aliphatic carbocycles. The Morgan fingerprint density at radius 3 is 2.63 bits per heavy atom. The maximum absolute atomic E-state index is 13.7. The molecule has 0 fully saturated rings. The number of nitrogen functional groups attached to an aromatic ring is 1. The van der Waals surface area contributed by atoms with Crippen LogP contribution in [0.15, 0.2) is 21.3 Å². The smallest absolute Gasteiger partial charge is 0.239 e. The van der Waals surface area contributed by atoms with Crippen molar-refractivity contribution in [2.45, 2.75) is 0 Å². The molecule has 142 valence electrons. The van der Waals surface area contributed by atoms with Crippen LogP contribution in [0, 0.1) is 5.82 Å². The zero-order chi connectivity index (χ0) is 20.3. The third-order valence-electron chi connectivity index (χ3n) is 3.53. The zero-order valence-electron chi connectivity index (χ0n) is 13.8. The number of methoxy groups -OCH3 is 1. The Morgan fingerprint density at radius 2 is 2.07 bits per heavy atom. The second-order valence-electron chi connectivity index (χ2n) is 5.08. The van der Waals surface area contributed by atoms with Crippen LogP contribution in [0.2, 0.25) is 0 Å². The molecule has 0 aliphatic rings. The zero-order valence-corrected chi connectivity index (χ0v) is 17.7. The highest BCUT2D eigenvalue weighted by Crippen LogP contribution is 2.39. The standard InChI is InChI=1S/C16H12Br2ClFN4O3/c1-27-14-10(12(23-9(25)4-19)15(17)24-16(14)18)13(26)6-2-3-8(20)11(22)7(6)5-21/h2-3,5,21H,4,22H2,1H3,(H,23,25)/p+1. The SMILES string of the molecule is COc1c(Br)nc(Br)c(NC(=O)CCl)c1C(=O)c1ccc(F)c(N)c1C=[NH2+]. The Hall–Kier alpha value is -2.04. The monoisotopic (exact) mass is 521 g/mol. The maximum Gasteiger partial charge on any atom is 0.239 e. The van der Waals surface area contributed by atoms with Gasteiger partial charge in [0, 0.05) is 5.56 Å². The van der Waals surface area contributed by atoms with Gasteiger partial charge in [-0.1, -0.05) is 0 Å². The van der Waals surface area contributed by atoms with Crippen molar-refractivity contribution in [1.82, 2.24) is 4.98 Å². The van der Waals surface area contributed by atoms with Gasteiger partial charge in [-0.05, 0) is 44.0 Å². The molecule has 0 atom stereocenters. The number of alkyl halides is 1. The topological polar surface area (TPSA) is 120 Å². The van der Waals surface area contributed by atoms with Crippen molar-refractivity contribution in [3.63, 3.8) is 0 Å². The van der Waals surface area contributed by atoms with Gasteiger partial charge >= 0.3 is 0 Å². The number of hydrogen-bond donors (Lipinski definition) is 3. The summed E-state index contributed by atoms with van der Waals surface area (Å²) in [6, 6.07) is 2.28. The van der Waals surface area contributed by atoms with E-state index in [4.69, 9.17) is 27.5 Å². The summed E-state index contributed by atoms with van der Waals surface area (Å²) in [4.78, 5) is 29.2. The van der Waals surface area contributed by atoms with Crippen LogP contribution in [0.4, 0.5) is 15.8 Å². The first-order chi connectivity index (χ1) is 12.8. The van der Waals surface area contributed by atoms with Crippen molar-refractivity contribution >= 4 is 72.7 Å². The Bertz CT molecular complexity index is 956. The lowest BCUT2D eigenvalue weighted by atomic mass is 9.96. The van der Waals surface area contributed by atoms with E-state index in [9.17, 15) is 14.0 Å². The number of halogens is 4. The fraction of sp³-hybridized carbons (Fsp3) is 0.125. The Balaban J connectivity index is 2.80. The molecular weight excluding hydrogens is 510 g/mol. The van der Waals surface area contributed by atoms with E-state index < -0.39 is 17.5 Å². The molecule has 0 saturated carbocycles. The number of anilines is 2. The molecule has 0 unspecified atom stereocenters. The average molecular weight is 524 g/mol. The van der Waals surface area contributed by atoms with E-state index in [-0.39, 0.29) is 48.9 Å². The van der Waals surface area contributed by atoms with Gasteiger partial charge in [-0.2, -0.15) is 0 Å². The van der Waals surface area contributed by atoms with Gasteiger partial charge in [-0.25, -0.2) is 9.37 Å². The lowest BCUT2D eigenvalue weighted by Crippen LogP contribution is -2.32. The quantitative estimate of drug-likeness (QED) is 0.176. The molecule has 1 heterocycles. The number of carbonyl (C=O) groups is 2. The molecule has 0 bridgehead atoms. The molecule has 11 heteroatoms. The lowest BCUT2D eigenvalue weighted by molar-refractivity contribution is -0.114. The number of amides is 1. The van der Waals surface area contributed by atoms with Crippen molar-refractivity contribution in [3.8, 4) is 5.75 Å². The summed E-state index contributed by atoms with van der Waals surface area (Å²) in [5.74, 6) is -2.20. The number of carbonyl (C=O) groups excluding carboxylic acids is 2. The van der Waals surface area contributed by atoms with Crippen LogP contribution in [-0.4, -0.2) is 35.9 Å². The first kappa shape index (κ1) is 21.3. The maximum atomic E-state index is 13.7. The van der Waals surface area contributed by atoms with E-state index in [1.807, 2.05) is 0 Å². The summed E-state index contributed by atoms with van der Waals surface area (Å²) in [5, 5.41) is 8.03. The third kappa shape index (κ3) is 4.12. The molecule has 0 radical (unpaired) electrons. The van der Waals surface area contributed by atoms with Gasteiger partial charge in [0.05, 0.1) is 29.6 Å². The van der Waals surface area contributed by atoms with Crippen LogP contribution < -0.4 is 21.2 Å². The molecule has 27 heavy (non-hydrogen) atoms. The minimum absolute atomic E-state index is 0.0146. The number of ether oxygens (including phenoxy) is 1. The van der Waals surface area contributed by atoms with Gasteiger partial charge in [-0.3, -0.25) is 15.0 Å². The van der Waals surface area contributed by atoms with Crippen molar-refractivity contribution in [2.75, 3.05) is 24.0 Å². The molecule has 1 aromatic carbocycles. The van der Waals surface area contributed by atoms with Gasteiger partial charge in [-0.15, -0.1) is 11.6 Å². The predicted molar refractivity (Wildman–Crippen MR) is 107 cm³/mol. The number of nitrogens with one attached hydrogen (secondary N) is 1. The minimum Gasteiger partial charge on any atom is -0.493 e. The van der Waals surface area contributed by atoms with Crippen LogP contribution in [0.25, 0.3) is 0 Å². The fourth-order valence-electron chi connectivity index (χ4n) is 2.32. The van der Waals surface area contributed by atoms with E-state index in [1.54, 1.807) is 0 Å². The summed E-state index contributed by atoms with van der Waals surface area (Å²) >= 11 is 11.9. The molecule has 7 nitrogen and oxygen atoms in total. The van der Waals surface area contributed by atoms with Crippen molar-refractivity contribution in [1.29, 1.82) is 0 Å². The van der Waals surface area contributed by atoms with Crippen LogP contribution in [-0.2, 0) is 4.79 Å². The molecule has 1 amide bonds. The first-order valence-electron chi connectivity index (χ1n) is 7.23. The lowest BCUT2D eigenvalue weighted by Gasteiger charge is -2.17. The normalized spacial score (nSPS) is 10.4. The van der Waals surface area contributed by atoms with Gasteiger partial charge in [0.25, 0.3) is 0 Å². The molecule has 0 aliphatic heterocycles. The summed E-state index contributed by atoms with van der Waals surface area (Å²) < 4.78 is 19.4. The van der Waals surface area contributed by atoms with Crippen molar-refractivity contribution in [3.05, 3.63) is 43.8 Å². The number of benzene rings is 1. The Kier molecular flexibility index (Phi) is 6.90. The van der Waals surface area contributed by atoms with Gasteiger partial charge in [0.1, 0.15) is 20.9 Å². The molecule has 0 spiro atoms. The Morgan fingerprint density at radius 1 is 1.41 bits per heavy atom. The van der Waals surface area contributed by atoms with Crippen molar-refractivity contribution < 1.29 is 24.1 Å². The number of hydrogen-bond acceptors (Lipinski definition) is 5. The highest BCUT2D eigenvalue weighted by Gasteiger charge is 2.28. The summed E-state index contributed by atoms with van der Waals surface area (Å²) in [5.41, 5.74) is 5.44. The number of pyridine rings is 1. The van der Waals surface area contributed by atoms with E-state index in [0.29, 0.717) is 0 Å². The largest absolute Gasteiger partial charge is 0.493 e. The summed E-state index contributed by atoms with van der Waals surface area (Å²) in [6.07, 6.45) is 1.03. The number of nitrogens with zero attached hydrogens (tertiary/aromatic N) is 1. The predicted octanol–water partition coefficient (Wildman–Crippen LogP) is 1.92. The summed E-state index contributed by atoms with van der Waals surface area (Å²) in [6.45, 7) is 0. The minimum atomic E-state index is -0.719. The second-order valence-corrected chi connectivity index (χ2v) is 6.85. The first-order valence-corrected chi connectivity index (χ1v) is 9.35. The second kappa shape index (κ2) is 8.77. The number of nitrogens with two attached hydrogens (primary N) is 2. The molecule has 5 N–H and O–H groups in total. The molecule has 2 rings (SSSR count). The summed E-state index contributed by atoms with van der Waals surface area (Å²) in [7, 11) is 1.33. The van der Waals surface area contributed by atoms with Crippen LogP contribution in [0.5, 0.6) is 5.75 Å². The van der Waals surface area contributed by atoms with Gasteiger partial charge in [0.15, 0.2) is 17.7 Å². The average Bonchev–Trinajstić information content (AvgIpc) is 2.64. The third-order valence-corrected chi connectivity index (χ3v) is 4.88.